The summed E-state index contributed by atoms with van der Waals surface area (Å²) in [4.78, 5) is 8.63. The van der Waals surface area contributed by atoms with Crippen molar-refractivity contribution < 1.29 is 0 Å². The molecule has 0 radical (unpaired) electrons. The number of aryl methyl sites for hydroxylation is 1. The summed E-state index contributed by atoms with van der Waals surface area (Å²) in [5.41, 5.74) is 0. The van der Waals surface area contributed by atoms with Crippen molar-refractivity contribution in [3.63, 3.8) is 0 Å². The van der Waals surface area contributed by atoms with Crippen LogP contribution in [0.4, 0.5) is 0 Å². The Hall–Kier alpha value is -1.62. The molecule has 0 spiro atoms. The summed E-state index contributed by atoms with van der Waals surface area (Å²) >= 11 is 0. The minimum Gasteiger partial charge on any atom is -0.334 e. The van der Waals surface area contributed by atoms with Crippen molar-refractivity contribution in [2.24, 2.45) is 0 Å². The van der Waals surface area contributed by atoms with Gasteiger partial charge in [-0.05, 0) is 25.7 Å². The monoisotopic (exact) mass is 273 g/mol. The van der Waals surface area contributed by atoms with Gasteiger partial charge in [0.1, 0.15) is 5.82 Å². The summed E-state index contributed by atoms with van der Waals surface area (Å²) in [5.74, 6) is 1.14. The fourth-order valence-electron chi connectivity index (χ4n) is 3.18. The Bertz CT molecular complexity index is 516. The van der Waals surface area contributed by atoms with Gasteiger partial charge in [-0.1, -0.05) is 6.92 Å². The van der Waals surface area contributed by atoms with Crippen LogP contribution in [0.1, 0.15) is 44.5 Å². The van der Waals surface area contributed by atoms with E-state index < -0.39 is 0 Å². The molecule has 0 amide bonds. The summed E-state index contributed by atoms with van der Waals surface area (Å²) in [7, 11) is 0. The van der Waals surface area contributed by atoms with Gasteiger partial charge >= 0.3 is 0 Å². The quantitative estimate of drug-likeness (QED) is 0.879. The third-order valence-electron chi connectivity index (χ3n) is 4.18. The molecule has 5 heteroatoms. The highest BCUT2D eigenvalue weighted by Gasteiger charge is 2.28. The third-order valence-corrected chi connectivity index (χ3v) is 4.18. The van der Waals surface area contributed by atoms with Crippen LogP contribution in [-0.4, -0.2) is 25.1 Å². The molecule has 3 rings (SSSR count). The smallest absolute Gasteiger partial charge is 0.122 e. The Morgan fingerprint density at radius 3 is 3.05 bits per heavy atom. The van der Waals surface area contributed by atoms with Crippen LogP contribution in [0, 0.1) is 0 Å². The molecule has 2 aromatic rings. The normalized spacial score (nSPS) is 22.4. The van der Waals surface area contributed by atoms with E-state index in [1.807, 2.05) is 18.7 Å². The fourth-order valence-corrected chi connectivity index (χ4v) is 3.18. The Morgan fingerprint density at radius 1 is 1.30 bits per heavy atom. The van der Waals surface area contributed by atoms with Gasteiger partial charge in [0.25, 0.3) is 0 Å². The van der Waals surface area contributed by atoms with Crippen molar-refractivity contribution in [2.75, 3.05) is 0 Å². The third kappa shape index (κ3) is 2.77. The molecular formula is C15H23N5. The molecule has 0 saturated heterocycles. The van der Waals surface area contributed by atoms with Gasteiger partial charge in [0.05, 0.1) is 12.9 Å². The van der Waals surface area contributed by atoms with Gasteiger partial charge in [-0.3, -0.25) is 0 Å². The first-order chi connectivity index (χ1) is 9.88. The second-order valence-electron chi connectivity index (χ2n) is 5.53. The minimum atomic E-state index is 0.524. The van der Waals surface area contributed by atoms with E-state index in [9.17, 15) is 0 Å². The summed E-state index contributed by atoms with van der Waals surface area (Å²) < 4.78 is 4.48. The number of nitrogens with zero attached hydrogens (tertiary/aromatic N) is 4. The minimum absolute atomic E-state index is 0.524. The highest BCUT2D eigenvalue weighted by Crippen LogP contribution is 2.30. The SMILES string of the molecule is CCCn1ccnc1CNC1CCCC1n1ccnc1. The van der Waals surface area contributed by atoms with Crippen LogP contribution in [-0.2, 0) is 13.1 Å². The molecule has 2 atom stereocenters. The molecule has 0 aromatic carbocycles. The van der Waals surface area contributed by atoms with Gasteiger partial charge in [0.2, 0.25) is 0 Å². The number of imidazole rings is 2. The molecule has 20 heavy (non-hydrogen) atoms. The van der Waals surface area contributed by atoms with Crippen LogP contribution < -0.4 is 5.32 Å². The Balaban J connectivity index is 1.61. The molecule has 0 bridgehead atoms. The first-order valence-electron chi connectivity index (χ1n) is 7.59. The van der Waals surface area contributed by atoms with Crippen molar-refractivity contribution in [1.29, 1.82) is 0 Å². The van der Waals surface area contributed by atoms with Gasteiger partial charge < -0.3 is 14.5 Å². The van der Waals surface area contributed by atoms with Gasteiger partial charge in [-0.15, -0.1) is 0 Å². The second kappa shape index (κ2) is 6.22. The van der Waals surface area contributed by atoms with Crippen molar-refractivity contribution >= 4 is 0 Å². The number of hydrogen-bond donors (Lipinski definition) is 1. The molecule has 1 fully saturated rings. The van der Waals surface area contributed by atoms with Gasteiger partial charge in [-0.25, -0.2) is 9.97 Å². The highest BCUT2D eigenvalue weighted by molar-refractivity contribution is 4.96. The van der Waals surface area contributed by atoms with E-state index >= 15 is 0 Å². The van der Waals surface area contributed by atoms with Gasteiger partial charge in [-0.2, -0.15) is 0 Å². The molecule has 2 unspecified atom stereocenters. The van der Waals surface area contributed by atoms with Crippen LogP contribution in [0.2, 0.25) is 0 Å². The average Bonchev–Trinajstić information content (AvgIpc) is 3.18. The van der Waals surface area contributed by atoms with Crippen LogP contribution >= 0.6 is 0 Å². The maximum absolute atomic E-state index is 4.46. The standard InChI is InChI=1S/C15H23N5/c1-2-8-19-10-7-17-15(19)11-18-13-4-3-5-14(13)20-9-6-16-12-20/h6-7,9-10,12-14,18H,2-5,8,11H2,1H3. The topological polar surface area (TPSA) is 47.7 Å². The molecule has 0 aliphatic heterocycles. The largest absolute Gasteiger partial charge is 0.334 e. The highest BCUT2D eigenvalue weighted by atomic mass is 15.1. The van der Waals surface area contributed by atoms with Crippen molar-refractivity contribution in [3.05, 3.63) is 36.9 Å². The Labute approximate surface area is 120 Å². The van der Waals surface area contributed by atoms with Crippen LogP contribution in [0.25, 0.3) is 0 Å². The molecule has 2 aromatic heterocycles. The number of nitrogens with one attached hydrogen (secondary N) is 1. The zero-order valence-corrected chi connectivity index (χ0v) is 12.1. The van der Waals surface area contributed by atoms with E-state index in [1.54, 1.807) is 0 Å². The van der Waals surface area contributed by atoms with E-state index in [0.29, 0.717) is 12.1 Å². The molecule has 1 aliphatic rings. The first-order valence-corrected chi connectivity index (χ1v) is 7.59. The lowest BCUT2D eigenvalue weighted by Crippen LogP contribution is -2.34. The van der Waals surface area contributed by atoms with Crippen molar-refractivity contribution in [2.45, 2.75) is 57.8 Å². The van der Waals surface area contributed by atoms with E-state index in [0.717, 1.165) is 25.3 Å². The zero-order chi connectivity index (χ0) is 13.8. The summed E-state index contributed by atoms with van der Waals surface area (Å²) in [5, 5.41) is 3.69. The van der Waals surface area contributed by atoms with Gasteiger partial charge in [0, 0.05) is 43.4 Å². The summed E-state index contributed by atoms with van der Waals surface area (Å²) in [6.45, 7) is 4.10. The molecular weight excluding hydrogens is 250 g/mol. The van der Waals surface area contributed by atoms with E-state index in [2.05, 4.69) is 43.7 Å². The Morgan fingerprint density at radius 2 is 2.25 bits per heavy atom. The molecule has 108 valence electrons. The lowest BCUT2D eigenvalue weighted by atomic mass is 10.1. The van der Waals surface area contributed by atoms with Crippen LogP contribution in [0.15, 0.2) is 31.1 Å². The lowest BCUT2D eigenvalue weighted by molar-refractivity contribution is 0.384. The van der Waals surface area contributed by atoms with Crippen molar-refractivity contribution in [1.82, 2.24) is 24.4 Å². The van der Waals surface area contributed by atoms with E-state index in [4.69, 9.17) is 0 Å². The fraction of sp³-hybridized carbons (Fsp3) is 0.600. The molecule has 1 aliphatic carbocycles. The second-order valence-corrected chi connectivity index (χ2v) is 5.53. The number of aromatic nitrogens is 4. The molecule has 1 saturated carbocycles. The first kappa shape index (κ1) is 13.4. The predicted octanol–water partition coefficient (Wildman–Crippen LogP) is 2.37. The predicted molar refractivity (Wildman–Crippen MR) is 78.3 cm³/mol. The molecule has 2 heterocycles. The maximum Gasteiger partial charge on any atom is 0.122 e. The average molecular weight is 273 g/mol. The van der Waals surface area contributed by atoms with Crippen LogP contribution in [0.3, 0.4) is 0 Å². The zero-order valence-electron chi connectivity index (χ0n) is 12.1. The van der Waals surface area contributed by atoms with E-state index in [1.165, 1.54) is 19.3 Å². The number of rotatable bonds is 6. The van der Waals surface area contributed by atoms with Crippen molar-refractivity contribution in [3.8, 4) is 0 Å². The van der Waals surface area contributed by atoms with Crippen LogP contribution in [0.5, 0.6) is 0 Å². The summed E-state index contributed by atoms with van der Waals surface area (Å²) in [6.07, 6.45) is 14.7. The molecule has 1 N–H and O–H groups in total. The van der Waals surface area contributed by atoms with Gasteiger partial charge in [0.15, 0.2) is 0 Å². The Kier molecular flexibility index (Phi) is 4.16. The maximum atomic E-state index is 4.46. The lowest BCUT2D eigenvalue weighted by Gasteiger charge is -2.22. The summed E-state index contributed by atoms with van der Waals surface area (Å²) in [6, 6.07) is 1.06. The number of hydrogen-bond acceptors (Lipinski definition) is 3. The molecule has 5 nitrogen and oxygen atoms in total. The van der Waals surface area contributed by atoms with E-state index in [-0.39, 0.29) is 0 Å².